The Labute approximate surface area is 191 Å². The van der Waals surface area contributed by atoms with E-state index in [1.165, 1.54) is 13.8 Å². The first-order valence-electron chi connectivity index (χ1n) is 10.5. The highest BCUT2D eigenvalue weighted by molar-refractivity contribution is 7.92. The molecule has 2 atom stereocenters. The standard InChI is InChI=1S/C21H27N5O4S2/c1-21(2,29)19-24-16(10-27)18(31-19)32(23,30)26-20(28)25-17-13-7-3-5-11(13)15(9-22)12-6-4-8-14(12)17/h20,25,27-29H,3-8,10H2,1-2H3,(H2,23,26,30). The quantitative estimate of drug-likeness (QED) is 0.332. The number of benzene rings is 1. The van der Waals surface area contributed by atoms with Crippen molar-refractivity contribution >= 4 is 26.9 Å². The van der Waals surface area contributed by atoms with E-state index in [2.05, 4.69) is 21.1 Å². The molecule has 0 spiro atoms. The van der Waals surface area contributed by atoms with E-state index in [4.69, 9.17) is 4.78 Å². The van der Waals surface area contributed by atoms with Gasteiger partial charge in [0.05, 0.1) is 23.9 Å². The molecule has 0 radical (unpaired) electrons. The second kappa shape index (κ2) is 8.37. The van der Waals surface area contributed by atoms with Crippen molar-refractivity contribution in [1.82, 2.24) is 9.71 Å². The Morgan fingerprint density at radius 1 is 1.22 bits per heavy atom. The molecule has 0 bridgehead atoms. The average molecular weight is 478 g/mol. The van der Waals surface area contributed by atoms with Gasteiger partial charge in [0.15, 0.2) is 6.35 Å². The van der Waals surface area contributed by atoms with Gasteiger partial charge in [0, 0.05) is 5.69 Å². The maximum absolute atomic E-state index is 13.2. The number of hydrogen-bond acceptors (Lipinski definition) is 9. The highest BCUT2D eigenvalue weighted by Gasteiger charge is 2.31. The fourth-order valence-corrected chi connectivity index (χ4v) is 7.15. The SMILES string of the molecule is CC(C)(O)c1nc(CO)c(S(=N)(=O)NC(O)Nc2c3c(c(C#N)c4c2CCC4)CCC3)s1. The summed E-state index contributed by atoms with van der Waals surface area (Å²) in [5.41, 5.74) is 4.32. The number of aromatic nitrogens is 1. The number of fused-ring (bicyclic) bond motifs is 2. The first-order chi connectivity index (χ1) is 15.1. The maximum Gasteiger partial charge on any atom is 0.193 e. The van der Waals surface area contributed by atoms with E-state index >= 15 is 0 Å². The number of nitrogens with zero attached hydrogens (tertiary/aromatic N) is 2. The van der Waals surface area contributed by atoms with Gasteiger partial charge in [-0.1, -0.05) is 0 Å². The van der Waals surface area contributed by atoms with E-state index in [0.717, 1.165) is 83.4 Å². The van der Waals surface area contributed by atoms with Gasteiger partial charge in [-0.05, 0) is 74.6 Å². The fraction of sp³-hybridized carbons (Fsp3) is 0.524. The molecule has 1 aromatic heterocycles. The molecule has 2 aromatic rings. The molecule has 0 saturated heterocycles. The van der Waals surface area contributed by atoms with Crippen LogP contribution in [0.15, 0.2) is 4.21 Å². The van der Waals surface area contributed by atoms with Crippen LogP contribution in [-0.2, 0) is 47.8 Å². The molecule has 0 saturated carbocycles. The third kappa shape index (κ3) is 4.03. The minimum Gasteiger partial charge on any atom is -0.390 e. The summed E-state index contributed by atoms with van der Waals surface area (Å²) in [4.78, 5) is 4.12. The maximum atomic E-state index is 13.2. The Hall–Kier alpha value is -2.07. The smallest absolute Gasteiger partial charge is 0.193 e. The summed E-state index contributed by atoms with van der Waals surface area (Å²) in [6.45, 7) is 2.48. The van der Waals surface area contributed by atoms with Crippen LogP contribution in [-0.4, -0.2) is 30.9 Å². The Balaban J connectivity index is 1.64. The third-order valence-electron chi connectivity index (χ3n) is 5.91. The minimum absolute atomic E-state index is 0.0340. The van der Waals surface area contributed by atoms with Gasteiger partial charge in [0.2, 0.25) is 0 Å². The molecule has 2 aliphatic carbocycles. The summed E-state index contributed by atoms with van der Waals surface area (Å²) in [5.74, 6) is 0. The van der Waals surface area contributed by atoms with Crippen LogP contribution in [0.5, 0.6) is 0 Å². The lowest BCUT2D eigenvalue weighted by atomic mass is 9.93. The fourth-order valence-electron chi connectivity index (χ4n) is 4.57. The zero-order valence-electron chi connectivity index (χ0n) is 18.0. The van der Waals surface area contributed by atoms with Gasteiger partial charge in [0.1, 0.15) is 24.7 Å². The van der Waals surface area contributed by atoms with Crippen LogP contribution in [0.1, 0.15) is 65.2 Å². The molecule has 0 amide bonds. The first kappa shape index (κ1) is 23.1. The number of nitriles is 1. The Morgan fingerprint density at radius 2 is 1.78 bits per heavy atom. The molecule has 0 aliphatic heterocycles. The molecule has 1 aromatic carbocycles. The van der Waals surface area contributed by atoms with Crippen LogP contribution in [0.2, 0.25) is 0 Å². The predicted octanol–water partition coefficient (Wildman–Crippen LogP) is 2.01. The molecule has 11 heteroatoms. The summed E-state index contributed by atoms with van der Waals surface area (Å²) < 4.78 is 23.9. The molecule has 4 rings (SSSR count). The highest BCUT2D eigenvalue weighted by atomic mass is 32.2. The van der Waals surface area contributed by atoms with Gasteiger partial charge in [-0.2, -0.15) is 9.98 Å². The molecule has 9 nitrogen and oxygen atoms in total. The van der Waals surface area contributed by atoms with E-state index in [-0.39, 0.29) is 14.9 Å². The molecule has 6 N–H and O–H groups in total. The molecule has 0 fully saturated rings. The monoisotopic (exact) mass is 477 g/mol. The number of thiazole rings is 1. The lowest BCUT2D eigenvalue weighted by molar-refractivity contribution is 0.0779. The predicted molar refractivity (Wildman–Crippen MR) is 120 cm³/mol. The number of aliphatic hydroxyl groups excluding tert-OH is 2. The van der Waals surface area contributed by atoms with Gasteiger partial charge in [-0.15, -0.1) is 11.3 Å². The summed E-state index contributed by atoms with van der Waals surface area (Å²) >= 11 is 0.870. The lowest BCUT2D eigenvalue weighted by Gasteiger charge is -2.23. The number of hydrogen-bond donors (Lipinski definition) is 6. The van der Waals surface area contributed by atoms with Crippen molar-refractivity contribution in [2.24, 2.45) is 0 Å². The molecular weight excluding hydrogens is 450 g/mol. The average Bonchev–Trinajstić information content (AvgIpc) is 3.45. The minimum atomic E-state index is -3.73. The summed E-state index contributed by atoms with van der Waals surface area (Å²) in [6.07, 6.45) is 3.59. The van der Waals surface area contributed by atoms with Crippen LogP contribution in [0.3, 0.4) is 0 Å². The summed E-state index contributed by atoms with van der Waals surface area (Å²) in [5, 5.41) is 43.4. The van der Waals surface area contributed by atoms with Crippen molar-refractivity contribution in [3.63, 3.8) is 0 Å². The molecular formula is C21H27N5O4S2. The molecule has 172 valence electrons. The van der Waals surface area contributed by atoms with Crippen molar-refractivity contribution in [2.45, 2.75) is 75.1 Å². The second-order valence-electron chi connectivity index (χ2n) is 8.67. The van der Waals surface area contributed by atoms with Crippen molar-refractivity contribution < 1.29 is 19.5 Å². The van der Waals surface area contributed by atoms with Crippen molar-refractivity contribution in [1.29, 1.82) is 10.0 Å². The topological polar surface area (TPSA) is 162 Å². The van der Waals surface area contributed by atoms with Crippen LogP contribution < -0.4 is 10.0 Å². The normalized spacial score (nSPS) is 18.0. The lowest BCUT2D eigenvalue weighted by Crippen LogP contribution is -2.40. The van der Waals surface area contributed by atoms with Gasteiger partial charge in [0.25, 0.3) is 0 Å². The van der Waals surface area contributed by atoms with Crippen molar-refractivity contribution in [3.8, 4) is 6.07 Å². The molecule has 2 unspecified atom stereocenters. The Bertz CT molecular complexity index is 1170. The molecule has 1 heterocycles. The number of rotatable bonds is 7. The number of anilines is 1. The van der Waals surface area contributed by atoms with Gasteiger partial charge >= 0.3 is 0 Å². The van der Waals surface area contributed by atoms with Crippen LogP contribution >= 0.6 is 11.3 Å². The van der Waals surface area contributed by atoms with Crippen LogP contribution in [0, 0.1) is 16.1 Å². The van der Waals surface area contributed by atoms with Crippen molar-refractivity contribution in [3.05, 3.63) is 38.5 Å². The van der Waals surface area contributed by atoms with E-state index in [9.17, 15) is 24.8 Å². The highest BCUT2D eigenvalue weighted by Crippen LogP contribution is 2.41. The zero-order chi connectivity index (χ0) is 23.3. The van der Waals surface area contributed by atoms with E-state index < -0.39 is 28.5 Å². The van der Waals surface area contributed by atoms with Gasteiger partial charge in [-0.3, -0.25) is 0 Å². The summed E-state index contributed by atoms with van der Waals surface area (Å²) in [7, 11) is -3.73. The van der Waals surface area contributed by atoms with Crippen LogP contribution in [0.25, 0.3) is 0 Å². The number of aliphatic hydroxyl groups is 3. The summed E-state index contributed by atoms with van der Waals surface area (Å²) in [6, 6.07) is 2.36. The van der Waals surface area contributed by atoms with Gasteiger partial charge in [-0.25, -0.2) is 14.0 Å². The number of nitrogens with one attached hydrogen (secondary N) is 3. The Kier molecular flexibility index (Phi) is 6.04. The largest absolute Gasteiger partial charge is 0.390 e. The zero-order valence-corrected chi connectivity index (χ0v) is 19.6. The van der Waals surface area contributed by atoms with E-state index in [1.807, 2.05) is 0 Å². The van der Waals surface area contributed by atoms with Crippen LogP contribution in [0.4, 0.5) is 5.69 Å². The Morgan fingerprint density at radius 3 is 2.28 bits per heavy atom. The second-order valence-corrected chi connectivity index (χ2v) is 11.7. The molecule has 2 aliphatic rings. The molecule has 32 heavy (non-hydrogen) atoms. The third-order valence-corrected chi connectivity index (χ3v) is 9.38. The van der Waals surface area contributed by atoms with Crippen molar-refractivity contribution in [2.75, 3.05) is 5.32 Å². The van der Waals surface area contributed by atoms with E-state index in [0.29, 0.717) is 0 Å². The first-order valence-corrected chi connectivity index (χ1v) is 12.9. The van der Waals surface area contributed by atoms with Gasteiger partial charge < -0.3 is 20.6 Å². The van der Waals surface area contributed by atoms with E-state index in [1.54, 1.807) is 0 Å².